The van der Waals surface area contributed by atoms with E-state index in [0.717, 1.165) is 30.0 Å². The minimum absolute atomic E-state index is 0.0421. The molecule has 2 atom stereocenters. The van der Waals surface area contributed by atoms with Gasteiger partial charge >= 0.3 is 0 Å². The van der Waals surface area contributed by atoms with Gasteiger partial charge in [-0.1, -0.05) is 12.8 Å². The van der Waals surface area contributed by atoms with E-state index in [2.05, 4.69) is 27.0 Å². The molecular weight excluding hydrogens is 369 g/mol. The largest absolute Gasteiger partial charge is 0.369 e. The van der Waals surface area contributed by atoms with E-state index in [0.29, 0.717) is 12.6 Å². The normalized spacial score (nSPS) is 23.7. The van der Waals surface area contributed by atoms with Crippen LogP contribution in [0.1, 0.15) is 50.3 Å². The molecule has 2 aromatic rings. The van der Waals surface area contributed by atoms with Gasteiger partial charge in [0.2, 0.25) is 0 Å². The molecule has 0 amide bonds. The Morgan fingerprint density at radius 1 is 1.26 bits per heavy atom. The molecule has 10 heteroatoms. The van der Waals surface area contributed by atoms with Gasteiger partial charge in [0, 0.05) is 13.1 Å². The highest BCUT2D eigenvalue weighted by atomic mass is 31.2. The number of rotatable bonds is 7. The fourth-order valence-electron chi connectivity index (χ4n) is 4.07. The van der Waals surface area contributed by atoms with Crippen LogP contribution in [-0.4, -0.2) is 61.5 Å². The lowest BCUT2D eigenvalue weighted by Gasteiger charge is -2.25. The number of imidazole rings is 1. The topological polar surface area (TPSA) is 105 Å². The maximum Gasteiger partial charge on any atom is 0.197 e. The van der Waals surface area contributed by atoms with Gasteiger partial charge in [-0.25, -0.2) is 14.5 Å². The summed E-state index contributed by atoms with van der Waals surface area (Å²) in [6.45, 7) is 0.359. The highest BCUT2D eigenvalue weighted by Crippen LogP contribution is 2.35. The smallest absolute Gasteiger partial charge is 0.197 e. The van der Waals surface area contributed by atoms with Crippen molar-refractivity contribution in [2.75, 3.05) is 24.9 Å². The van der Waals surface area contributed by atoms with E-state index in [1.165, 1.54) is 25.7 Å². The van der Waals surface area contributed by atoms with Gasteiger partial charge in [-0.3, -0.25) is 0 Å². The van der Waals surface area contributed by atoms with Crippen molar-refractivity contribution in [1.29, 1.82) is 0 Å². The number of ether oxygens (including phenoxy) is 2. The Hall–Kier alpha value is -1.38. The first kappa shape index (κ1) is 19.0. The molecule has 148 valence electrons. The van der Waals surface area contributed by atoms with E-state index >= 15 is 0 Å². The van der Waals surface area contributed by atoms with Crippen molar-refractivity contribution in [2.45, 2.75) is 56.8 Å². The van der Waals surface area contributed by atoms with E-state index in [9.17, 15) is 0 Å². The van der Waals surface area contributed by atoms with Crippen molar-refractivity contribution < 1.29 is 19.3 Å². The maximum atomic E-state index is 8.92. The molecular formula is C17H26N5O4P. The lowest BCUT2D eigenvalue weighted by molar-refractivity contribution is -0.00933. The van der Waals surface area contributed by atoms with Gasteiger partial charge in [-0.15, -0.1) is 0 Å². The second-order valence-electron chi connectivity index (χ2n) is 7.25. The molecule has 1 saturated carbocycles. The van der Waals surface area contributed by atoms with Gasteiger partial charge in [0.25, 0.3) is 0 Å². The van der Waals surface area contributed by atoms with Crippen molar-refractivity contribution >= 4 is 19.8 Å². The molecule has 1 aliphatic heterocycles. The third kappa shape index (κ3) is 4.07. The van der Waals surface area contributed by atoms with Gasteiger partial charge in [0.15, 0.2) is 19.8 Å². The highest BCUT2D eigenvalue weighted by Gasteiger charge is 2.31. The summed E-state index contributed by atoms with van der Waals surface area (Å²) in [6.07, 6.45) is 9.84. The monoisotopic (exact) mass is 395 g/mol. The Morgan fingerprint density at radius 2 is 2.07 bits per heavy atom. The molecule has 3 heterocycles. The van der Waals surface area contributed by atoms with Crippen LogP contribution in [0.15, 0.2) is 12.5 Å². The lowest BCUT2D eigenvalue weighted by atomic mass is 10.1. The SMILES string of the molecule is CN(c1ncnn2c([C@H]3CC[C@@H](COCP(O)O)O3)cnc12)C1CCCC1. The third-order valence-corrected chi connectivity index (χ3v) is 5.88. The quantitative estimate of drug-likeness (QED) is 0.686. The summed E-state index contributed by atoms with van der Waals surface area (Å²) in [4.78, 5) is 29.1. The van der Waals surface area contributed by atoms with Gasteiger partial charge in [-0.2, -0.15) is 5.10 Å². The van der Waals surface area contributed by atoms with Crippen LogP contribution in [-0.2, 0) is 9.47 Å². The Bertz CT molecular complexity index is 767. The zero-order chi connectivity index (χ0) is 18.8. The first-order valence-corrected chi connectivity index (χ1v) is 10.9. The average molecular weight is 395 g/mol. The lowest BCUT2D eigenvalue weighted by Crippen LogP contribution is -2.30. The molecule has 2 aliphatic rings. The summed E-state index contributed by atoms with van der Waals surface area (Å²) in [5.41, 5.74) is 1.68. The van der Waals surface area contributed by atoms with Crippen molar-refractivity contribution in [2.24, 2.45) is 0 Å². The Kier molecular flexibility index (Phi) is 5.85. The van der Waals surface area contributed by atoms with Gasteiger partial charge in [0.1, 0.15) is 18.8 Å². The summed E-state index contributed by atoms with van der Waals surface area (Å²) in [6, 6.07) is 0.511. The zero-order valence-electron chi connectivity index (χ0n) is 15.4. The number of fused-ring (bicyclic) bond motifs is 1. The number of aromatic nitrogens is 4. The van der Waals surface area contributed by atoms with Crippen LogP contribution in [0.2, 0.25) is 0 Å². The molecule has 1 aliphatic carbocycles. The Balaban J connectivity index is 1.48. The average Bonchev–Trinajstić information content (AvgIpc) is 3.40. The van der Waals surface area contributed by atoms with Crippen LogP contribution in [0.25, 0.3) is 5.65 Å². The molecule has 4 rings (SSSR count). The molecule has 0 spiro atoms. The Morgan fingerprint density at radius 3 is 2.85 bits per heavy atom. The van der Waals surface area contributed by atoms with Gasteiger partial charge in [-0.05, 0) is 25.7 Å². The summed E-state index contributed by atoms with van der Waals surface area (Å²) in [5, 5.41) is 4.41. The summed E-state index contributed by atoms with van der Waals surface area (Å²) in [5.74, 6) is 0.861. The van der Waals surface area contributed by atoms with Crippen LogP contribution >= 0.6 is 8.38 Å². The van der Waals surface area contributed by atoms with Crippen LogP contribution in [0, 0.1) is 0 Å². The van der Waals surface area contributed by atoms with Crippen LogP contribution in [0.4, 0.5) is 5.82 Å². The maximum absolute atomic E-state index is 8.92. The van der Waals surface area contributed by atoms with Crippen LogP contribution in [0.3, 0.4) is 0 Å². The van der Waals surface area contributed by atoms with Crippen molar-refractivity contribution in [3.05, 3.63) is 18.2 Å². The van der Waals surface area contributed by atoms with Crippen LogP contribution < -0.4 is 4.90 Å². The van der Waals surface area contributed by atoms with Crippen molar-refractivity contribution in [3.63, 3.8) is 0 Å². The molecule has 0 radical (unpaired) electrons. The molecule has 0 unspecified atom stereocenters. The van der Waals surface area contributed by atoms with E-state index in [1.807, 2.05) is 10.7 Å². The molecule has 2 fully saturated rings. The predicted octanol–water partition coefficient (Wildman–Crippen LogP) is 1.99. The van der Waals surface area contributed by atoms with Gasteiger partial charge in [0.05, 0.1) is 24.6 Å². The third-order valence-electron chi connectivity index (χ3n) is 5.47. The molecule has 1 saturated heterocycles. The standard InChI is InChI=1S/C17H26N5O4P/c1-21(12-4-2-3-5-12)16-17-18-8-14(22(17)20-10-19-16)15-7-6-13(26-15)9-25-11-27(23)24/h8,10,12-13,15,23-24H,2-7,9,11H2,1H3/t13-,15+/m0/s1. The van der Waals surface area contributed by atoms with Gasteiger partial charge < -0.3 is 24.2 Å². The van der Waals surface area contributed by atoms with Crippen LogP contribution in [0.5, 0.6) is 0 Å². The molecule has 2 aromatic heterocycles. The molecule has 2 N–H and O–H groups in total. The molecule has 9 nitrogen and oxygen atoms in total. The molecule has 0 bridgehead atoms. The first-order chi connectivity index (χ1) is 13.1. The predicted molar refractivity (Wildman–Crippen MR) is 100 cm³/mol. The zero-order valence-corrected chi connectivity index (χ0v) is 16.3. The Labute approximate surface area is 159 Å². The number of hydrogen-bond donors (Lipinski definition) is 2. The number of hydrogen-bond acceptors (Lipinski definition) is 8. The number of anilines is 1. The minimum Gasteiger partial charge on any atom is -0.369 e. The fourth-order valence-corrected chi connectivity index (χ4v) is 4.34. The highest BCUT2D eigenvalue weighted by molar-refractivity contribution is 7.44. The van der Waals surface area contributed by atoms with E-state index in [4.69, 9.17) is 19.3 Å². The second-order valence-corrected chi connectivity index (χ2v) is 8.25. The molecule has 0 aromatic carbocycles. The van der Waals surface area contributed by atoms with E-state index in [1.54, 1.807) is 6.33 Å². The fraction of sp³-hybridized carbons (Fsp3) is 0.706. The summed E-state index contributed by atoms with van der Waals surface area (Å²) >= 11 is 0. The second kappa shape index (κ2) is 8.32. The van der Waals surface area contributed by atoms with E-state index < -0.39 is 8.38 Å². The van der Waals surface area contributed by atoms with Crippen molar-refractivity contribution in [1.82, 2.24) is 19.6 Å². The summed E-state index contributed by atoms with van der Waals surface area (Å²) < 4.78 is 13.2. The first-order valence-electron chi connectivity index (χ1n) is 9.43. The van der Waals surface area contributed by atoms with E-state index in [-0.39, 0.29) is 18.6 Å². The molecule has 27 heavy (non-hydrogen) atoms. The number of nitrogens with zero attached hydrogens (tertiary/aromatic N) is 5. The van der Waals surface area contributed by atoms with Crippen molar-refractivity contribution in [3.8, 4) is 0 Å². The summed E-state index contributed by atoms with van der Waals surface area (Å²) in [7, 11) is 0.0674. The minimum atomic E-state index is -2.02.